The van der Waals surface area contributed by atoms with Crippen LogP contribution in [0.5, 0.6) is 0 Å². The van der Waals surface area contributed by atoms with E-state index >= 15 is 0 Å². The molecule has 1 aromatic carbocycles. The maximum atomic E-state index is 9.72. The van der Waals surface area contributed by atoms with Gasteiger partial charge in [-0.25, -0.2) is 0 Å². The minimum Gasteiger partial charge on any atom is -0.389 e. The molecule has 1 aliphatic rings. The Hall–Kier alpha value is -0.900. The number of benzene rings is 1. The smallest absolute Gasteiger partial charge is 0.0715 e. The zero-order chi connectivity index (χ0) is 13.7. The van der Waals surface area contributed by atoms with Crippen LogP contribution in [0.15, 0.2) is 30.3 Å². The van der Waals surface area contributed by atoms with Crippen molar-refractivity contribution in [3.05, 3.63) is 35.9 Å². The van der Waals surface area contributed by atoms with E-state index in [0.29, 0.717) is 12.6 Å². The quantitative estimate of drug-likeness (QED) is 0.852. The van der Waals surface area contributed by atoms with Crippen LogP contribution in [-0.4, -0.2) is 41.3 Å². The van der Waals surface area contributed by atoms with Crippen LogP contribution >= 0.6 is 0 Å². The van der Waals surface area contributed by atoms with Gasteiger partial charge in [0, 0.05) is 19.1 Å². The summed E-state index contributed by atoms with van der Waals surface area (Å²) in [5, 5.41) is 13.2. The standard InChI is InChI=1S/C16H26N2O/c1-16(2,19)13-17-15-8-10-18(11-9-15)12-14-6-4-3-5-7-14/h3-7,15,17,19H,8-13H2,1-2H3. The fourth-order valence-corrected chi connectivity index (χ4v) is 2.53. The van der Waals surface area contributed by atoms with Crippen molar-refractivity contribution in [2.45, 2.75) is 44.9 Å². The lowest BCUT2D eigenvalue weighted by molar-refractivity contribution is 0.0714. The van der Waals surface area contributed by atoms with Crippen molar-refractivity contribution in [2.24, 2.45) is 0 Å². The molecule has 3 heteroatoms. The van der Waals surface area contributed by atoms with E-state index in [1.54, 1.807) is 0 Å². The van der Waals surface area contributed by atoms with E-state index < -0.39 is 5.60 Å². The predicted octanol–water partition coefficient (Wildman–Crippen LogP) is 2.01. The Balaban J connectivity index is 1.71. The monoisotopic (exact) mass is 262 g/mol. The lowest BCUT2D eigenvalue weighted by atomic mass is 10.0. The second-order valence-corrected chi connectivity index (χ2v) is 6.23. The number of rotatable bonds is 5. The number of piperidine rings is 1. The van der Waals surface area contributed by atoms with Crippen molar-refractivity contribution >= 4 is 0 Å². The van der Waals surface area contributed by atoms with Crippen LogP contribution < -0.4 is 5.32 Å². The molecule has 0 atom stereocenters. The number of nitrogens with zero attached hydrogens (tertiary/aromatic N) is 1. The zero-order valence-corrected chi connectivity index (χ0v) is 12.1. The van der Waals surface area contributed by atoms with E-state index in [1.807, 2.05) is 13.8 Å². The first-order valence-electron chi connectivity index (χ1n) is 7.25. The minimum atomic E-state index is -0.610. The van der Waals surface area contributed by atoms with Gasteiger partial charge in [-0.15, -0.1) is 0 Å². The van der Waals surface area contributed by atoms with E-state index in [4.69, 9.17) is 0 Å². The van der Waals surface area contributed by atoms with Crippen LogP contribution in [-0.2, 0) is 6.54 Å². The second-order valence-electron chi connectivity index (χ2n) is 6.23. The number of aliphatic hydroxyl groups is 1. The van der Waals surface area contributed by atoms with Crippen LogP contribution in [0, 0.1) is 0 Å². The van der Waals surface area contributed by atoms with E-state index in [0.717, 1.165) is 19.6 Å². The molecule has 0 spiro atoms. The average Bonchev–Trinajstić information content (AvgIpc) is 2.38. The van der Waals surface area contributed by atoms with Gasteiger partial charge >= 0.3 is 0 Å². The SMILES string of the molecule is CC(C)(O)CNC1CCN(Cc2ccccc2)CC1. The molecule has 1 aliphatic heterocycles. The van der Waals surface area contributed by atoms with Crippen molar-refractivity contribution in [2.75, 3.05) is 19.6 Å². The topological polar surface area (TPSA) is 35.5 Å². The third kappa shape index (κ3) is 5.31. The fraction of sp³-hybridized carbons (Fsp3) is 0.625. The van der Waals surface area contributed by atoms with Gasteiger partial charge in [-0.2, -0.15) is 0 Å². The molecule has 0 saturated carbocycles. The highest BCUT2D eigenvalue weighted by Crippen LogP contribution is 2.14. The number of likely N-dealkylation sites (tertiary alicyclic amines) is 1. The third-order valence-corrected chi connectivity index (χ3v) is 3.66. The molecule has 1 saturated heterocycles. The molecule has 0 aromatic heterocycles. The largest absolute Gasteiger partial charge is 0.389 e. The molecule has 0 aliphatic carbocycles. The summed E-state index contributed by atoms with van der Waals surface area (Å²) in [5.41, 5.74) is 0.784. The average molecular weight is 262 g/mol. The van der Waals surface area contributed by atoms with Gasteiger partial charge in [-0.3, -0.25) is 4.90 Å². The second kappa shape index (κ2) is 6.51. The lowest BCUT2D eigenvalue weighted by Crippen LogP contribution is -2.46. The van der Waals surface area contributed by atoms with Crippen LogP contribution in [0.3, 0.4) is 0 Å². The van der Waals surface area contributed by atoms with Crippen LogP contribution in [0.1, 0.15) is 32.3 Å². The summed E-state index contributed by atoms with van der Waals surface area (Å²) in [6.07, 6.45) is 2.34. The molecule has 19 heavy (non-hydrogen) atoms. The minimum absolute atomic E-state index is 0.554. The predicted molar refractivity (Wildman–Crippen MR) is 79.0 cm³/mol. The molecule has 0 radical (unpaired) electrons. The van der Waals surface area contributed by atoms with Gasteiger partial charge in [0.05, 0.1) is 5.60 Å². The van der Waals surface area contributed by atoms with E-state index in [1.165, 1.54) is 18.4 Å². The highest BCUT2D eigenvalue weighted by Gasteiger charge is 2.21. The highest BCUT2D eigenvalue weighted by atomic mass is 16.3. The maximum absolute atomic E-state index is 9.72. The molecule has 106 valence electrons. The Kier molecular flexibility index (Phi) is 4.97. The maximum Gasteiger partial charge on any atom is 0.0715 e. The van der Waals surface area contributed by atoms with E-state index in [2.05, 4.69) is 40.5 Å². The Morgan fingerprint density at radius 3 is 2.42 bits per heavy atom. The Morgan fingerprint density at radius 2 is 1.84 bits per heavy atom. The first-order valence-corrected chi connectivity index (χ1v) is 7.25. The van der Waals surface area contributed by atoms with Crippen molar-refractivity contribution in [1.82, 2.24) is 10.2 Å². The Labute approximate surface area is 116 Å². The van der Waals surface area contributed by atoms with Crippen LogP contribution in [0.4, 0.5) is 0 Å². The van der Waals surface area contributed by atoms with Gasteiger partial charge < -0.3 is 10.4 Å². The lowest BCUT2D eigenvalue weighted by Gasteiger charge is -2.33. The molecule has 2 N–H and O–H groups in total. The van der Waals surface area contributed by atoms with Crippen LogP contribution in [0.2, 0.25) is 0 Å². The molecule has 1 fully saturated rings. The van der Waals surface area contributed by atoms with Gasteiger partial charge in [-0.05, 0) is 45.3 Å². The zero-order valence-electron chi connectivity index (χ0n) is 12.1. The van der Waals surface area contributed by atoms with Crippen LogP contribution in [0.25, 0.3) is 0 Å². The molecule has 2 rings (SSSR count). The normalized spacial score (nSPS) is 18.7. The van der Waals surface area contributed by atoms with E-state index in [-0.39, 0.29) is 0 Å². The molecular formula is C16H26N2O. The number of nitrogens with one attached hydrogen (secondary N) is 1. The van der Waals surface area contributed by atoms with Gasteiger partial charge in [-0.1, -0.05) is 30.3 Å². The fourth-order valence-electron chi connectivity index (χ4n) is 2.53. The summed E-state index contributed by atoms with van der Waals surface area (Å²) in [6.45, 7) is 7.71. The Morgan fingerprint density at radius 1 is 1.21 bits per heavy atom. The molecule has 0 amide bonds. The summed E-state index contributed by atoms with van der Waals surface area (Å²) < 4.78 is 0. The first kappa shape index (κ1) is 14.5. The highest BCUT2D eigenvalue weighted by molar-refractivity contribution is 5.14. The first-order chi connectivity index (χ1) is 9.03. The summed E-state index contributed by atoms with van der Waals surface area (Å²) in [6, 6.07) is 11.2. The van der Waals surface area contributed by atoms with Crippen molar-refractivity contribution in [3.63, 3.8) is 0 Å². The molecule has 3 nitrogen and oxygen atoms in total. The molecule has 0 unspecified atom stereocenters. The summed E-state index contributed by atoms with van der Waals surface area (Å²) >= 11 is 0. The van der Waals surface area contributed by atoms with Gasteiger partial charge in [0.1, 0.15) is 0 Å². The van der Waals surface area contributed by atoms with Crippen molar-refractivity contribution < 1.29 is 5.11 Å². The van der Waals surface area contributed by atoms with Crippen molar-refractivity contribution in [1.29, 1.82) is 0 Å². The van der Waals surface area contributed by atoms with Gasteiger partial charge in [0.2, 0.25) is 0 Å². The van der Waals surface area contributed by atoms with E-state index in [9.17, 15) is 5.11 Å². The van der Waals surface area contributed by atoms with Gasteiger partial charge in [0.15, 0.2) is 0 Å². The molecule has 1 aromatic rings. The summed E-state index contributed by atoms with van der Waals surface area (Å²) in [5.74, 6) is 0. The van der Waals surface area contributed by atoms with Crippen molar-refractivity contribution in [3.8, 4) is 0 Å². The number of hydrogen-bond donors (Lipinski definition) is 2. The molecule has 1 heterocycles. The summed E-state index contributed by atoms with van der Waals surface area (Å²) in [4.78, 5) is 2.51. The summed E-state index contributed by atoms with van der Waals surface area (Å²) in [7, 11) is 0. The Bertz CT molecular complexity index is 364. The molecular weight excluding hydrogens is 236 g/mol. The third-order valence-electron chi connectivity index (χ3n) is 3.66. The number of hydrogen-bond acceptors (Lipinski definition) is 3. The molecule has 0 bridgehead atoms. The van der Waals surface area contributed by atoms with Gasteiger partial charge in [0.25, 0.3) is 0 Å².